The molecule has 3 atom stereocenters. The Morgan fingerprint density at radius 3 is 2.27 bits per heavy atom. The number of rotatable bonds is 3. The van der Waals surface area contributed by atoms with Crippen LogP contribution in [0.4, 0.5) is 9.59 Å². The topological polar surface area (TPSA) is 106 Å². The largest absolute Gasteiger partial charge is 0.447 e. The van der Waals surface area contributed by atoms with Gasteiger partial charge in [-0.3, -0.25) is 9.69 Å². The number of aliphatic hydroxyl groups excluding tert-OH is 1. The number of carbonyl (C=O) groups is 3. The van der Waals surface area contributed by atoms with Crippen molar-refractivity contribution in [2.24, 2.45) is 5.92 Å². The minimum absolute atomic E-state index is 0.0511. The Morgan fingerprint density at radius 1 is 1.21 bits per heavy atom. The third kappa shape index (κ3) is 6.91. The van der Waals surface area contributed by atoms with Gasteiger partial charge in [-0.15, -0.1) is 0 Å². The second-order valence-electron chi connectivity index (χ2n) is 9.71. The molecule has 2 aliphatic rings. The SMILES string of the molecule is CC(C(=O)N1CCOC1=O)C(O)C1COC(C)(C)N1C(=O)OC(C)(C)C.Cc1ccccc1. The van der Waals surface area contributed by atoms with Crippen LogP contribution in [-0.2, 0) is 19.0 Å². The predicted molar refractivity (Wildman–Crippen MR) is 121 cm³/mol. The average Bonchev–Trinajstić information content (AvgIpc) is 3.28. The van der Waals surface area contributed by atoms with Crippen LogP contribution >= 0.6 is 0 Å². The Morgan fingerprint density at radius 2 is 1.82 bits per heavy atom. The molecule has 33 heavy (non-hydrogen) atoms. The number of hydrogen-bond donors (Lipinski definition) is 1. The van der Waals surface area contributed by atoms with Crippen LogP contribution in [0.2, 0.25) is 0 Å². The van der Waals surface area contributed by atoms with Crippen LogP contribution in [0, 0.1) is 12.8 Å². The summed E-state index contributed by atoms with van der Waals surface area (Å²) in [6.45, 7) is 12.5. The van der Waals surface area contributed by atoms with Crippen molar-refractivity contribution in [3.8, 4) is 0 Å². The van der Waals surface area contributed by atoms with Gasteiger partial charge in [0.05, 0.1) is 31.2 Å². The van der Waals surface area contributed by atoms with Gasteiger partial charge in [0.25, 0.3) is 0 Å². The smallest absolute Gasteiger partial charge is 0.416 e. The van der Waals surface area contributed by atoms with Crippen LogP contribution < -0.4 is 0 Å². The highest BCUT2D eigenvalue weighted by atomic mass is 16.6. The molecule has 0 saturated carbocycles. The lowest BCUT2D eigenvalue weighted by molar-refractivity contribution is -0.136. The van der Waals surface area contributed by atoms with Crippen LogP contribution in [0.5, 0.6) is 0 Å². The molecule has 0 aromatic heterocycles. The standard InChI is InChI=1S/C17H28N2O7.C7H8/c1-10(13(21)18-7-8-24-14(18)22)12(20)11-9-25-17(5,6)19(11)15(23)26-16(2,3)4;1-7-5-3-2-4-6-7/h10-12,20H,7-9H2,1-6H3;2-6H,1H3. The van der Waals surface area contributed by atoms with E-state index in [1.807, 2.05) is 18.2 Å². The summed E-state index contributed by atoms with van der Waals surface area (Å²) >= 11 is 0. The molecular formula is C24H36N2O7. The fraction of sp³-hybridized carbons (Fsp3) is 0.625. The molecule has 2 heterocycles. The molecule has 0 radical (unpaired) electrons. The van der Waals surface area contributed by atoms with Gasteiger partial charge in [-0.1, -0.05) is 42.8 Å². The number of benzene rings is 1. The lowest BCUT2D eigenvalue weighted by Crippen LogP contribution is -2.56. The van der Waals surface area contributed by atoms with Crippen LogP contribution in [0.15, 0.2) is 30.3 Å². The van der Waals surface area contributed by atoms with E-state index in [2.05, 4.69) is 19.1 Å². The van der Waals surface area contributed by atoms with E-state index in [1.54, 1.807) is 34.6 Å². The van der Waals surface area contributed by atoms with Gasteiger partial charge in [-0.2, -0.15) is 0 Å². The molecule has 3 unspecified atom stereocenters. The molecule has 9 nitrogen and oxygen atoms in total. The summed E-state index contributed by atoms with van der Waals surface area (Å²) in [7, 11) is 0. The summed E-state index contributed by atoms with van der Waals surface area (Å²) in [5.41, 5.74) is -0.391. The third-order valence-corrected chi connectivity index (χ3v) is 5.37. The number of amides is 3. The second kappa shape index (κ2) is 10.5. The van der Waals surface area contributed by atoms with Gasteiger partial charge in [0.15, 0.2) is 0 Å². The molecule has 3 rings (SSSR count). The molecule has 9 heteroatoms. The van der Waals surface area contributed by atoms with Crippen molar-refractivity contribution >= 4 is 18.1 Å². The minimum atomic E-state index is -1.23. The van der Waals surface area contributed by atoms with E-state index in [4.69, 9.17) is 14.2 Å². The molecule has 1 N–H and O–H groups in total. The number of aryl methyl sites for hydroxylation is 1. The van der Waals surface area contributed by atoms with Crippen LogP contribution in [0.25, 0.3) is 0 Å². The summed E-state index contributed by atoms with van der Waals surface area (Å²) in [5.74, 6) is -1.47. The molecular weight excluding hydrogens is 428 g/mol. The first kappa shape index (κ1) is 26.6. The zero-order valence-corrected chi connectivity index (χ0v) is 20.5. The van der Waals surface area contributed by atoms with Gasteiger partial charge in [0.2, 0.25) is 5.91 Å². The number of nitrogens with zero attached hydrogens (tertiary/aromatic N) is 2. The first-order valence-electron chi connectivity index (χ1n) is 11.1. The van der Waals surface area contributed by atoms with E-state index in [9.17, 15) is 19.5 Å². The van der Waals surface area contributed by atoms with E-state index < -0.39 is 47.5 Å². The molecule has 0 bridgehead atoms. The molecule has 3 amide bonds. The van der Waals surface area contributed by atoms with Gasteiger partial charge in [0.1, 0.15) is 17.9 Å². The molecule has 0 spiro atoms. The van der Waals surface area contributed by atoms with E-state index in [0.29, 0.717) is 0 Å². The summed E-state index contributed by atoms with van der Waals surface area (Å²) in [5, 5.41) is 10.8. The van der Waals surface area contributed by atoms with Gasteiger partial charge < -0.3 is 19.3 Å². The third-order valence-electron chi connectivity index (χ3n) is 5.37. The van der Waals surface area contributed by atoms with Gasteiger partial charge >= 0.3 is 12.2 Å². The second-order valence-corrected chi connectivity index (χ2v) is 9.71. The van der Waals surface area contributed by atoms with Gasteiger partial charge in [0, 0.05) is 0 Å². The molecule has 0 aliphatic carbocycles. The Bertz CT molecular complexity index is 835. The summed E-state index contributed by atoms with van der Waals surface area (Å²) in [6, 6.07) is 9.48. The number of hydrogen-bond acceptors (Lipinski definition) is 7. The van der Waals surface area contributed by atoms with Crippen molar-refractivity contribution in [2.75, 3.05) is 19.8 Å². The molecule has 1 aromatic carbocycles. The van der Waals surface area contributed by atoms with Crippen molar-refractivity contribution in [2.45, 2.75) is 71.9 Å². The van der Waals surface area contributed by atoms with Gasteiger partial charge in [-0.05, 0) is 41.5 Å². The molecule has 1 aromatic rings. The maximum absolute atomic E-state index is 12.6. The minimum Gasteiger partial charge on any atom is -0.447 e. The lowest BCUT2D eigenvalue weighted by atomic mass is 9.95. The molecule has 2 saturated heterocycles. The highest BCUT2D eigenvalue weighted by molar-refractivity contribution is 5.94. The number of aliphatic hydroxyl groups is 1. The molecule has 2 aliphatic heterocycles. The zero-order chi connectivity index (χ0) is 25.0. The van der Waals surface area contributed by atoms with E-state index in [0.717, 1.165) is 4.90 Å². The van der Waals surface area contributed by atoms with E-state index in [-0.39, 0.29) is 19.8 Å². The quantitative estimate of drug-likeness (QED) is 0.731. The Balaban J connectivity index is 0.000000468. The van der Waals surface area contributed by atoms with Gasteiger partial charge in [-0.25, -0.2) is 14.5 Å². The summed E-state index contributed by atoms with van der Waals surface area (Å²) < 4.78 is 15.8. The van der Waals surface area contributed by atoms with Crippen molar-refractivity contribution in [1.29, 1.82) is 0 Å². The first-order chi connectivity index (χ1) is 15.2. The van der Waals surface area contributed by atoms with Crippen molar-refractivity contribution < 1.29 is 33.7 Å². The summed E-state index contributed by atoms with van der Waals surface area (Å²) in [4.78, 5) is 39.0. The first-order valence-corrected chi connectivity index (χ1v) is 11.1. The Kier molecular flexibility index (Phi) is 8.48. The fourth-order valence-electron chi connectivity index (χ4n) is 3.60. The van der Waals surface area contributed by atoms with Crippen molar-refractivity contribution in [3.05, 3.63) is 35.9 Å². The average molecular weight is 465 g/mol. The number of imide groups is 1. The normalized spacial score (nSPS) is 21.6. The predicted octanol–water partition coefficient (Wildman–Crippen LogP) is 3.33. The Labute approximate surface area is 195 Å². The number of ether oxygens (including phenoxy) is 3. The highest BCUT2D eigenvalue weighted by Crippen LogP contribution is 2.33. The van der Waals surface area contributed by atoms with E-state index in [1.165, 1.54) is 17.4 Å². The van der Waals surface area contributed by atoms with Crippen LogP contribution in [0.3, 0.4) is 0 Å². The van der Waals surface area contributed by atoms with Crippen molar-refractivity contribution in [3.63, 3.8) is 0 Å². The molecule has 2 fully saturated rings. The van der Waals surface area contributed by atoms with Crippen LogP contribution in [0.1, 0.15) is 47.1 Å². The monoisotopic (exact) mass is 464 g/mol. The zero-order valence-electron chi connectivity index (χ0n) is 20.5. The van der Waals surface area contributed by atoms with Crippen molar-refractivity contribution in [1.82, 2.24) is 9.80 Å². The number of carbonyl (C=O) groups excluding carboxylic acids is 3. The number of cyclic esters (lactones) is 1. The lowest BCUT2D eigenvalue weighted by Gasteiger charge is -2.37. The van der Waals surface area contributed by atoms with Crippen LogP contribution in [-0.4, -0.2) is 76.2 Å². The maximum atomic E-state index is 12.6. The Hall–Kier alpha value is -2.65. The van der Waals surface area contributed by atoms with E-state index >= 15 is 0 Å². The summed E-state index contributed by atoms with van der Waals surface area (Å²) in [6.07, 6.45) is -2.59. The highest BCUT2D eigenvalue weighted by Gasteiger charge is 2.50. The molecule has 184 valence electrons. The fourth-order valence-corrected chi connectivity index (χ4v) is 3.60. The maximum Gasteiger partial charge on any atom is 0.416 e.